The number of fused-ring (bicyclic) bond motifs is 2. The summed E-state index contributed by atoms with van der Waals surface area (Å²) >= 11 is 0. The van der Waals surface area contributed by atoms with Gasteiger partial charge in [0, 0.05) is 30.7 Å². The summed E-state index contributed by atoms with van der Waals surface area (Å²) in [7, 11) is 0. The molecule has 1 saturated heterocycles. The predicted octanol–water partition coefficient (Wildman–Crippen LogP) is 3.90. The van der Waals surface area contributed by atoms with Gasteiger partial charge in [-0.25, -0.2) is 10.2 Å². The number of hydrogen-bond donors (Lipinski definition) is 3. The number of rotatable bonds is 3. The summed E-state index contributed by atoms with van der Waals surface area (Å²) < 4.78 is 0. The fourth-order valence-electron chi connectivity index (χ4n) is 4.47. The lowest BCUT2D eigenvalue weighted by Gasteiger charge is -2.33. The maximum absolute atomic E-state index is 12.6. The molecule has 7 heteroatoms. The Morgan fingerprint density at radius 1 is 1.24 bits per heavy atom. The first-order chi connectivity index (χ1) is 14.2. The van der Waals surface area contributed by atoms with Gasteiger partial charge < -0.3 is 10.2 Å². The van der Waals surface area contributed by atoms with E-state index in [1.165, 1.54) is 24.1 Å². The highest BCUT2D eigenvalue weighted by molar-refractivity contribution is 6.00. The van der Waals surface area contributed by atoms with E-state index in [1.54, 1.807) is 6.20 Å². The second kappa shape index (κ2) is 7.31. The first-order valence-corrected chi connectivity index (χ1v) is 10.3. The van der Waals surface area contributed by atoms with Gasteiger partial charge in [-0.15, -0.1) is 0 Å². The van der Waals surface area contributed by atoms with Crippen molar-refractivity contribution in [3.63, 3.8) is 0 Å². The zero-order chi connectivity index (χ0) is 19.8. The Bertz CT molecular complexity index is 1040. The van der Waals surface area contributed by atoms with Crippen LogP contribution in [0.15, 0.2) is 42.6 Å². The van der Waals surface area contributed by atoms with Crippen LogP contribution >= 0.6 is 0 Å². The van der Waals surface area contributed by atoms with Crippen molar-refractivity contribution in [2.45, 2.75) is 26.2 Å². The third kappa shape index (κ3) is 3.48. The van der Waals surface area contributed by atoms with Gasteiger partial charge in [-0.3, -0.25) is 10.1 Å². The number of carbonyl (C=O) groups excluding carboxylic acids is 1. The monoisotopic (exact) mass is 390 g/mol. The van der Waals surface area contributed by atoms with E-state index in [0.717, 1.165) is 54.3 Å². The van der Waals surface area contributed by atoms with E-state index < -0.39 is 0 Å². The number of anilines is 3. The largest absolute Gasteiger partial charge is 0.371 e. The Morgan fingerprint density at radius 3 is 3.07 bits per heavy atom. The molecule has 3 aromatic rings. The van der Waals surface area contributed by atoms with Gasteiger partial charge in [-0.1, -0.05) is 13.0 Å². The van der Waals surface area contributed by atoms with Gasteiger partial charge in [0.1, 0.15) is 0 Å². The summed E-state index contributed by atoms with van der Waals surface area (Å²) in [5.74, 6) is 0.749. The minimum absolute atomic E-state index is 0.250. The summed E-state index contributed by atoms with van der Waals surface area (Å²) in [4.78, 5) is 15.1. The Kier molecular flexibility index (Phi) is 4.50. The molecule has 29 heavy (non-hydrogen) atoms. The molecule has 3 heterocycles. The average molecular weight is 390 g/mol. The number of aromatic amines is 1. The normalized spacial score (nSPS) is 18.7. The maximum Gasteiger partial charge on any atom is 0.338 e. The molecular weight excluding hydrogens is 364 g/mol. The van der Waals surface area contributed by atoms with Crippen LogP contribution in [0.5, 0.6) is 0 Å². The highest BCUT2D eigenvalue weighted by atomic mass is 16.2. The zero-order valence-corrected chi connectivity index (χ0v) is 16.6. The van der Waals surface area contributed by atoms with Crippen molar-refractivity contribution < 1.29 is 4.79 Å². The first-order valence-electron chi connectivity index (χ1n) is 10.3. The lowest BCUT2D eigenvalue weighted by Crippen LogP contribution is -2.43. The van der Waals surface area contributed by atoms with E-state index in [1.807, 2.05) is 23.2 Å². The molecule has 0 spiro atoms. The Labute approximate surface area is 170 Å². The van der Waals surface area contributed by atoms with E-state index in [4.69, 9.17) is 0 Å². The number of nitrogens with one attached hydrogen (secondary N) is 3. The summed E-state index contributed by atoms with van der Waals surface area (Å²) in [5, 5.41) is 12.7. The smallest absolute Gasteiger partial charge is 0.338 e. The number of hydrazine groups is 1. The third-order valence-electron chi connectivity index (χ3n) is 5.95. The van der Waals surface area contributed by atoms with Crippen molar-refractivity contribution in [1.29, 1.82) is 0 Å². The van der Waals surface area contributed by atoms with Gasteiger partial charge in [-0.2, -0.15) is 5.10 Å². The van der Waals surface area contributed by atoms with Gasteiger partial charge >= 0.3 is 6.03 Å². The van der Waals surface area contributed by atoms with Crippen LogP contribution in [0.25, 0.3) is 10.9 Å². The van der Waals surface area contributed by atoms with Crippen LogP contribution in [0.3, 0.4) is 0 Å². The molecule has 1 aromatic heterocycles. The van der Waals surface area contributed by atoms with Gasteiger partial charge in [0.2, 0.25) is 0 Å². The van der Waals surface area contributed by atoms with Crippen molar-refractivity contribution >= 4 is 34.0 Å². The van der Waals surface area contributed by atoms with Crippen molar-refractivity contribution in [3.8, 4) is 0 Å². The standard InChI is InChI=1S/C22H26N6O/c1-15-4-3-10-27(14-15)17-7-8-21-16(12-17)9-11-28(21)26-22(29)24-19-5-2-6-20-18(19)13-23-25-20/h2,5-8,12-13,15H,3-4,9-11,14H2,1H3,(H,23,25)(H2,24,26,29). The molecular formula is C22H26N6O. The Morgan fingerprint density at radius 2 is 2.17 bits per heavy atom. The number of benzene rings is 2. The zero-order valence-electron chi connectivity index (χ0n) is 16.6. The van der Waals surface area contributed by atoms with E-state index in [-0.39, 0.29) is 6.03 Å². The van der Waals surface area contributed by atoms with E-state index in [9.17, 15) is 4.79 Å². The molecule has 1 atom stereocenters. The quantitative estimate of drug-likeness (QED) is 0.634. The topological polar surface area (TPSA) is 76.3 Å². The molecule has 0 radical (unpaired) electrons. The molecule has 2 aliphatic rings. The van der Waals surface area contributed by atoms with Crippen LogP contribution < -0.4 is 20.7 Å². The third-order valence-corrected chi connectivity index (χ3v) is 5.95. The fourth-order valence-corrected chi connectivity index (χ4v) is 4.47. The molecule has 0 saturated carbocycles. The lowest BCUT2D eigenvalue weighted by atomic mass is 9.99. The maximum atomic E-state index is 12.6. The van der Waals surface area contributed by atoms with E-state index in [0.29, 0.717) is 0 Å². The number of amides is 2. The van der Waals surface area contributed by atoms with Crippen LogP contribution in [0, 0.1) is 5.92 Å². The van der Waals surface area contributed by atoms with Crippen molar-refractivity contribution in [2.24, 2.45) is 5.92 Å². The van der Waals surface area contributed by atoms with Gasteiger partial charge in [-0.05, 0) is 61.1 Å². The van der Waals surface area contributed by atoms with Crippen LogP contribution in [0.4, 0.5) is 21.9 Å². The summed E-state index contributed by atoms with van der Waals surface area (Å²) in [6.45, 7) is 5.36. The van der Waals surface area contributed by atoms with E-state index in [2.05, 4.69) is 51.0 Å². The minimum atomic E-state index is -0.250. The van der Waals surface area contributed by atoms with Gasteiger partial charge in [0.15, 0.2) is 0 Å². The number of piperidine rings is 1. The lowest BCUT2D eigenvalue weighted by molar-refractivity contribution is 0.251. The van der Waals surface area contributed by atoms with Crippen LogP contribution in [0.2, 0.25) is 0 Å². The molecule has 150 valence electrons. The van der Waals surface area contributed by atoms with Crippen LogP contribution in [-0.2, 0) is 6.42 Å². The second-order valence-corrected chi connectivity index (χ2v) is 8.11. The molecule has 1 unspecified atom stereocenters. The van der Waals surface area contributed by atoms with Crippen molar-refractivity contribution in [2.75, 3.05) is 34.9 Å². The first kappa shape index (κ1) is 17.8. The highest BCUT2D eigenvalue weighted by Gasteiger charge is 2.23. The minimum Gasteiger partial charge on any atom is -0.371 e. The second-order valence-electron chi connectivity index (χ2n) is 8.11. The molecule has 3 N–H and O–H groups in total. The average Bonchev–Trinajstić information content (AvgIpc) is 3.35. The molecule has 1 fully saturated rings. The number of H-pyrrole nitrogens is 1. The molecule has 7 nitrogen and oxygen atoms in total. The van der Waals surface area contributed by atoms with Crippen LogP contribution in [0.1, 0.15) is 25.3 Å². The summed E-state index contributed by atoms with van der Waals surface area (Å²) in [5.41, 5.74) is 8.29. The molecule has 2 aromatic carbocycles. The SMILES string of the molecule is CC1CCCN(c2ccc3c(c2)CCN3NC(=O)Nc2cccc3[nH]ncc23)C1. The molecule has 0 aliphatic carbocycles. The number of hydrogen-bond acceptors (Lipinski definition) is 4. The molecule has 0 bridgehead atoms. The van der Waals surface area contributed by atoms with Crippen molar-refractivity contribution in [1.82, 2.24) is 15.6 Å². The van der Waals surface area contributed by atoms with Crippen molar-refractivity contribution in [3.05, 3.63) is 48.2 Å². The number of carbonyl (C=O) groups is 1. The highest BCUT2D eigenvalue weighted by Crippen LogP contribution is 2.32. The Balaban J connectivity index is 1.28. The summed E-state index contributed by atoms with van der Waals surface area (Å²) in [6, 6.07) is 12.1. The van der Waals surface area contributed by atoms with Gasteiger partial charge in [0.25, 0.3) is 0 Å². The van der Waals surface area contributed by atoms with Crippen LogP contribution in [-0.4, -0.2) is 35.9 Å². The van der Waals surface area contributed by atoms with E-state index >= 15 is 0 Å². The number of aromatic nitrogens is 2. The predicted molar refractivity (Wildman–Crippen MR) is 116 cm³/mol. The van der Waals surface area contributed by atoms with Gasteiger partial charge in [0.05, 0.1) is 23.1 Å². The number of urea groups is 1. The Hall–Kier alpha value is -3.22. The fraction of sp³-hybridized carbons (Fsp3) is 0.364. The summed E-state index contributed by atoms with van der Waals surface area (Å²) in [6.07, 6.45) is 5.24. The molecule has 2 amide bonds. The number of nitrogens with zero attached hydrogens (tertiary/aromatic N) is 3. The molecule has 5 rings (SSSR count). The molecule has 2 aliphatic heterocycles.